The number of benzene rings is 4. The van der Waals surface area contributed by atoms with Crippen molar-refractivity contribution in [3.63, 3.8) is 0 Å². The molecule has 4 aromatic carbocycles. The number of hydrogen-bond acceptors (Lipinski definition) is 2. The van der Waals surface area contributed by atoms with Crippen molar-refractivity contribution in [2.75, 3.05) is 0 Å². The van der Waals surface area contributed by atoms with E-state index in [9.17, 15) is 0 Å². The summed E-state index contributed by atoms with van der Waals surface area (Å²) in [4.78, 5) is 10.2. The molecule has 4 unspecified atom stereocenters. The van der Waals surface area contributed by atoms with Gasteiger partial charge in [0.2, 0.25) is 0 Å². The first-order valence-corrected chi connectivity index (χ1v) is 15.7. The predicted molar refractivity (Wildman–Crippen MR) is 177 cm³/mol. The average Bonchev–Trinajstić information content (AvgIpc) is 3.05. The van der Waals surface area contributed by atoms with Gasteiger partial charge in [-0.15, -0.1) is 23.2 Å². The number of halogens is 2. The third kappa shape index (κ3) is 7.12. The highest BCUT2D eigenvalue weighted by Gasteiger charge is 2.34. The lowest BCUT2D eigenvalue weighted by Gasteiger charge is -2.32. The molecule has 5 aromatic rings. The van der Waals surface area contributed by atoms with Crippen LogP contribution in [0.4, 0.5) is 0 Å². The van der Waals surface area contributed by atoms with Crippen LogP contribution in [-0.4, -0.2) is 20.7 Å². The average molecular weight is 594 g/mol. The Morgan fingerprint density at radius 3 is 1.29 bits per heavy atom. The minimum absolute atomic E-state index is 0.0000362. The molecule has 0 aliphatic rings. The Hall–Kier alpha value is -3.46. The Labute approximate surface area is 260 Å². The van der Waals surface area contributed by atoms with E-state index in [1.54, 1.807) is 0 Å². The number of nitrogens with zero attached hydrogens (tertiary/aromatic N) is 2. The molecule has 0 N–H and O–H groups in total. The van der Waals surface area contributed by atoms with E-state index in [1.165, 1.54) is 22.3 Å². The summed E-state index contributed by atoms with van der Waals surface area (Å²) in [5.41, 5.74) is 5.98. The van der Waals surface area contributed by atoms with Crippen LogP contribution < -0.4 is 0 Å². The van der Waals surface area contributed by atoms with E-state index in [4.69, 9.17) is 33.2 Å². The van der Waals surface area contributed by atoms with Gasteiger partial charge in [-0.3, -0.25) is 0 Å². The predicted octanol–water partition coefficient (Wildman–Crippen LogP) is 10.3. The zero-order chi connectivity index (χ0) is 29.3. The lowest BCUT2D eigenvalue weighted by Crippen LogP contribution is -2.23. The second-order valence-corrected chi connectivity index (χ2v) is 12.4. The summed E-state index contributed by atoms with van der Waals surface area (Å²) in [6.07, 6.45) is 5.61. The first-order valence-electron chi connectivity index (χ1n) is 14.9. The zero-order valence-corrected chi connectivity index (χ0v) is 25.7. The Balaban J connectivity index is 1.58. The third-order valence-electron chi connectivity index (χ3n) is 8.16. The molecule has 0 spiro atoms. The molecule has 0 saturated heterocycles. The molecule has 0 radical (unpaired) electrons. The molecule has 1 aromatic heterocycles. The summed E-state index contributed by atoms with van der Waals surface area (Å²) in [6.45, 7) is 4.20. The molecule has 0 amide bonds. The van der Waals surface area contributed by atoms with Crippen LogP contribution in [-0.2, 0) is 0 Å². The van der Waals surface area contributed by atoms with Crippen molar-refractivity contribution in [1.29, 1.82) is 0 Å². The highest BCUT2D eigenvalue weighted by molar-refractivity contribution is 6.21. The van der Waals surface area contributed by atoms with Gasteiger partial charge in [-0.1, -0.05) is 128 Å². The zero-order valence-electron chi connectivity index (χ0n) is 24.2. The number of alkyl halides is 2. The van der Waals surface area contributed by atoms with Crippen LogP contribution in [0, 0.1) is 0 Å². The van der Waals surface area contributed by atoms with Crippen molar-refractivity contribution in [2.24, 2.45) is 0 Å². The fourth-order valence-corrected chi connectivity index (χ4v) is 6.70. The van der Waals surface area contributed by atoms with Gasteiger partial charge < -0.3 is 0 Å². The van der Waals surface area contributed by atoms with E-state index in [0.29, 0.717) is 0 Å². The molecule has 1 heterocycles. The molecule has 214 valence electrons. The quantitative estimate of drug-likeness (QED) is 0.135. The second-order valence-electron chi connectivity index (χ2n) is 11.0. The molecule has 4 heteroatoms. The first kappa shape index (κ1) is 30.0. The Morgan fingerprint density at radius 1 is 0.548 bits per heavy atom. The molecule has 5 rings (SSSR count). The van der Waals surface area contributed by atoms with Gasteiger partial charge in [0.15, 0.2) is 0 Å². The van der Waals surface area contributed by atoms with Crippen LogP contribution in [0.3, 0.4) is 0 Å². The third-order valence-corrected chi connectivity index (χ3v) is 8.92. The van der Waals surface area contributed by atoms with Gasteiger partial charge in [-0.05, 0) is 47.6 Å². The van der Waals surface area contributed by atoms with Crippen molar-refractivity contribution in [3.8, 4) is 0 Å². The Bertz CT molecular complexity index is 1400. The summed E-state index contributed by atoms with van der Waals surface area (Å²) < 4.78 is 0. The summed E-state index contributed by atoms with van der Waals surface area (Å²) in [5, 5.41) is -0.126. The molecular formula is C38H38Cl2N2. The van der Waals surface area contributed by atoms with Gasteiger partial charge in [0.1, 0.15) is 5.82 Å². The van der Waals surface area contributed by atoms with Crippen LogP contribution in [0.2, 0.25) is 0 Å². The maximum Gasteiger partial charge on any atom is 0.132 e. The van der Waals surface area contributed by atoms with Crippen molar-refractivity contribution in [1.82, 2.24) is 9.97 Å². The molecule has 42 heavy (non-hydrogen) atoms. The summed E-state index contributed by atoms with van der Waals surface area (Å²) in [6, 6.07) is 42.6. The monoisotopic (exact) mass is 592 g/mol. The van der Waals surface area contributed by atoms with E-state index >= 15 is 0 Å². The van der Waals surface area contributed by atoms with Crippen molar-refractivity contribution >= 4 is 23.2 Å². The minimum Gasteiger partial charge on any atom is -0.241 e. The number of rotatable bonds is 12. The lowest BCUT2D eigenvalue weighted by molar-refractivity contribution is 0.519. The second kappa shape index (κ2) is 14.6. The van der Waals surface area contributed by atoms with Crippen LogP contribution in [0.1, 0.15) is 84.0 Å². The van der Waals surface area contributed by atoms with E-state index in [1.807, 2.05) is 12.4 Å². The molecule has 0 aliphatic carbocycles. The molecule has 0 bridgehead atoms. The van der Waals surface area contributed by atoms with Gasteiger partial charge in [0, 0.05) is 46.8 Å². The summed E-state index contributed by atoms with van der Waals surface area (Å²) in [5.74, 6) is 0.963. The van der Waals surface area contributed by atoms with E-state index < -0.39 is 0 Å². The highest BCUT2D eigenvalue weighted by Crippen LogP contribution is 2.44. The fourth-order valence-electron chi connectivity index (χ4n) is 6.22. The van der Waals surface area contributed by atoms with Crippen LogP contribution in [0.15, 0.2) is 134 Å². The highest BCUT2D eigenvalue weighted by atomic mass is 35.5. The Kier molecular flexibility index (Phi) is 10.5. The molecule has 4 atom stereocenters. The van der Waals surface area contributed by atoms with Crippen LogP contribution in [0.25, 0.3) is 0 Å². The maximum atomic E-state index is 7.17. The Morgan fingerprint density at radius 2 is 0.929 bits per heavy atom. The molecule has 2 nitrogen and oxygen atoms in total. The van der Waals surface area contributed by atoms with E-state index in [0.717, 1.165) is 24.2 Å². The standard InChI is InChI=1S/C38H38Cl2N2/c1-3-34(40)37(36(30-20-12-6-13-21-30)31-22-14-7-15-23-31)32-25-41-38(42-26-32)33(24-27(2)39)35(28-16-8-4-9-17-28)29-18-10-5-11-19-29/h4-23,25-27,33-37H,3,24H2,1-2H3. The van der Waals surface area contributed by atoms with Gasteiger partial charge in [-0.2, -0.15) is 0 Å². The lowest BCUT2D eigenvalue weighted by atomic mass is 9.75. The SMILES string of the molecule is CCC(Cl)C(c1cnc(C(CC(C)Cl)C(c2ccccc2)c2ccccc2)nc1)C(c1ccccc1)c1ccccc1. The molecule has 0 saturated carbocycles. The van der Waals surface area contributed by atoms with Gasteiger partial charge in [0.25, 0.3) is 0 Å². The van der Waals surface area contributed by atoms with Gasteiger partial charge >= 0.3 is 0 Å². The normalized spacial score (nSPS) is 14.4. The van der Waals surface area contributed by atoms with Crippen LogP contribution in [0.5, 0.6) is 0 Å². The van der Waals surface area contributed by atoms with E-state index in [-0.39, 0.29) is 34.4 Å². The smallest absolute Gasteiger partial charge is 0.132 e. The van der Waals surface area contributed by atoms with Crippen LogP contribution >= 0.6 is 23.2 Å². The van der Waals surface area contributed by atoms with Gasteiger partial charge in [0.05, 0.1) is 0 Å². The fraction of sp³-hybridized carbons (Fsp3) is 0.263. The van der Waals surface area contributed by atoms with Crippen molar-refractivity contribution in [2.45, 2.75) is 61.1 Å². The molecular weight excluding hydrogens is 555 g/mol. The molecule has 0 fully saturated rings. The minimum atomic E-state index is -0.0927. The van der Waals surface area contributed by atoms with Crippen molar-refractivity contribution < 1.29 is 0 Å². The number of aromatic nitrogens is 2. The summed E-state index contributed by atoms with van der Waals surface area (Å²) >= 11 is 13.9. The molecule has 0 aliphatic heterocycles. The maximum absolute atomic E-state index is 7.17. The van der Waals surface area contributed by atoms with E-state index in [2.05, 4.69) is 135 Å². The largest absolute Gasteiger partial charge is 0.241 e. The summed E-state index contributed by atoms with van der Waals surface area (Å²) in [7, 11) is 0. The van der Waals surface area contributed by atoms with Crippen molar-refractivity contribution in [3.05, 3.63) is 167 Å². The van der Waals surface area contributed by atoms with Gasteiger partial charge in [-0.25, -0.2) is 9.97 Å². The number of hydrogen-bond donors (Lipinski definition) is 0. The first-order chi connectivity index (χ1) is 20.6. The topological polar surface area (TPSA) is 25.8 Å².